The van der Waals surface area contributed by atoms with Crippen molar-refractivity contribution in [3.05, 3.63) is 30.5 Å². The Labute approximate surface area is 105 Å². The van der Waals surface area contributed by atoms with Crippen LogP contribution in [0.5, 0.6) is 0 Å². The van der Waals surface area contributed by atoms with Gasteiger partial charge in [0, 0.05) is 18.1 Å². The fourth-order valence-electron chi connectivity index (χ4n) is 1.57. The summed E-state index contributed by atoms with van der Waals surface area (Å²) in [5.74, 6) is 0.309. The van der Waals surface area contributed by atoms with Crippen LogP contribution in [-0.4, -0.2) is 29.1 Å². The highest BCUT2D eigenvalue weighted by Crippen LogP contribution is 2.11. The fourth-order valence-corrected chi connectivity index (χ4v) is 1.57. The molecule has 18 heavy (non-hydrogen) atoms. The number of hydrogen-bond acceptors (Lipinski definition) is 5. The van der Waals surface area contributed by atoms with E-state index < -0.39 is 0 Å². The maximum atomic E-state index is 11.1. The molecule has 1 aromatic heterocycles. The molecule has 94 valence electrons. The minimum Gasteiger partial charge on any atom is -0.466 e. The summed E-state index contributed by atoms with van der Waals surface area (Å²) in [6.45, 7) is 2.67. The van der Waals surface area contributed by atoms with Crippen molar-refractivity contribution in [3.63, 3.8) is 0 Å². The highest BCUT2D eigenvalue weighted by molar-refractivity contribution is 5.78. The Kier molecular flexibility index (Phi) is 4.06. The van der Waals surface area contributed by atoms with Gasteiger partial charge in [-0.3, -0.25) is 4.79 Å². The standard InChI is InChI=1S/C13H15N3O2/c1-2-18-12(17)7-8-14-13-15-9-10-5-3-4-6-11(10)16-13/h3-6,9H,2,7-8H2,1H3,(H,14,15,16). The van der Waals surface area contributed by atoms with E-state index in [2.05, 4.69) is 15.3 Å². The van der Waals surface area contributed by atoms with E-state index in [1.807, 2.05) is 24.3 Å². The quantitative estimate of drug-likeness (QED) is 0.816. The second-order valence-corrected chi connectivity index (χ2v) is 3.73. The minimum atomic E-state index is -0.217. The van der Waals surface area contributed by atoms with Gasteiger partial charge in [-0.05, 0) is 13.0 Å². The molecule has 0 saturated carbocycles. The Hall–Kier alpha value is -2.17. The molecule has 0 spiro atoms. The number of fused-ring (bicyclic) bond motifs is 1. The van der Waals surface area contributed by atoms with Crippen molar-refractivity contribution in [1.29, 1.82) is 0 Å². The third-order valence-electron chi connectivity index (χ3n) is 2.41. The molecule has 0 radical (unpaired) electrons. The molecule has 0 aliphatic heterocycles. The third kappa shape index (κ3) is 3.16. The van der Waals surface area contributed by atoms with Crippen molar-refractivity contribution in [3.8, 4) is 0 Å². The number of benzene rings is 1. The summed E-state index contributed by atoms with van der Waals surface area (Å²) in [5, 5.41) is 4.00. The Morgan fingerprint density at radius 3 is 3.06 bits per heavy atom. The average Bonchev–Trinajstić information content (AvgIpc) is 2.39. The first-order valence-electron chi connectivity index (χ1n) is 5.91. The molecule has 0 aliphatic rings. The Bertz CT molecular complexity index is 543. The van der Waals surface area contributed by atoms with Crippen LogP contribution in [0, 0.1) is 0 Å². The molecule has 1 aromatic carbocycles. The van der Waals surface area contributed by atoms with Crippen LogP contribution < -0.4 is 5.32 Å². The SMILES string of the molecule is CCOC(=O)CCNc1ncc2ccccc2n1. The predicted octanol–water partition coefficient (Wildman–Crippen LogP) is 1.99. The van der Waals surface area contributed by atoms with E-state index in [1.54, 1.807) is 13.1 Å². The van der Waals surface area contributed by atoms with Crippen LogP contribution in [-0.2, 0) is 9.53 Å². The first-order chi connectivity index (χ1) is 8.79. The average molecular weight is 245 g/mol. The van der Waals surface area contributed by atoms with Crippen molar-refractivity contribution >= 4 is 22.8 Å². The van der Waals surface area contributed by atoms with Gasteiger partial charge in [-0.2, -0.15) is 0 Å². The highest BCUT2D eigenvalue weighted by Gasteiger charge is 2.02. The van der Waals surface area contributed by atoms with E-state index in [-0.39, 0.29) is 5.97 Å². The van der Waals surface area contributed by atoms with E-state index >= 15 is 0 Å². The molecule has 2 rings (SSSR count). The summed E-state index contributed by atoms with van der Waals surface area (Å²) in [6.07, 6.45) is 2.07. The Morgan fingerprint density at radius 1 is 1.39 bits per heavy atom. The van der Waals surface area contributed by atoms with Crippen LogP contribution >= 0.6 is 0 Å². The zero-order chi connectivity index (χ0) is 12.8. The zero-order valence-electron chi connectivity index (χ0n) is 10.2. The molecule has 0 atom stereocenters. The lowest BCUT2D eigenvalue weighted by Gasteiger charge is -2.05. The predicted molar refractivity (Wildman–Crippen MR) is 69.3 cm³/mol. The van der Waals surface area contributed by atoms with Gasteiger partial charge in [0.25, 0.3) is 0 Å². The van der Waals surface area contributed by atoms with Crippen molar-refractivity contribution in [2.45, 2.75) is 13.3 Å². The maximum absolute atomic E-state index is 11.1. The molecule has 5 heteroatoms. The first-order valence-corrected chi connectivity index (χ1v) is 5.91. The number of carbonyl (C=O) groups is 1. The van der Waals surface area contributed by atoms with Crippen molar-refractivity contribution in [1.82, 2.24) is 9.97 Å². The maximum Gasteiger partial charge on any atom is 0.307 e. The van der Waals surface area contributed by atoms with E-state index in [1.165, 1.54) is 0 Å². The van der Waals surface area contributed by atoms with Gasteiger partial charge in [0.1, 0.15) is 0 Å². The molecule has 0 saturated heterocycles. The van der Waals surface area contributed by atoms with Crippen molar-refractivity contribution < 1.29 is 9.53 Å². The first kappa shape index (κ1) is 12.3. The molecule has 0 unspecified atom stereocenters. The summed E-state index contributed by atoms with van der Waals surface area (Å²) < 4.78 is 4.83. The van der Waals surface area contributed by atoms with E-state index in [4.69, 9.17) is 4.74 Å². The lowest BCUT2D eigenvalue weighted by Crippen LogP contribution is -2.12. The molecule has 0 amide bonds. The highest BCUT2D eigenvalue weighted by atomic mass is 16.5. The molecular formula is C13H15N3O2. The van der Waals surface area contributed by atoms with E-state index in [9.17, 15) is 4.79 Å². The number of aromatic nitrogens is 2. The Morgan fingerprint density at radius 2 is 2.22 bits per heavy atom. The summed E-state index contributed by atoms with van der Waals surface area (Å²) in [4.78, 5) is 19.7. The molecule has 1 heterocycles. The van der Waals surface area contributed by atoms with E-state index in [0.29, 0.717) is 25.5 Å². The molecule has 0 bridgehead atoms. The number of nitrogens with zero attached hydrogens (tertiary/aromatic N) is 2. The third-order valence-corrected chi connectivity index (χ3v) is 2.41. The molecule has 0 aliphatic carbocycles. The molecule has 2 aromatic rings. The number of anilines is 1. The van der Waals surface area contributed by atoms with Crippen LogP contribution in [0.1, 0.15) is 13.3 Å². The van der Waals surface area contributed by atoms with Crippen LogP contribution in [0.3, 0.4) is 0 Å². The van der Waals surface area contributed by atoms with Crippen LogP contribution in [0.15, 0.2) is 30.5 Å². The second-order valence-electron chi connectivity index (χ2n) is 3.73. The van der Waals surface area contributed by atoms with Crippen LogP contribution in [0.25, 0.3) is 10.9 Å². The molecule has 5 nitrogen and oxygen atoms in total. The van der Waals surface area contributed by atoms with Gasteiger partial charge in [0.05, 0.1) is 18.5 Å². The van der Waals surface area contributed by atoms with Crippen LogP contribution in [0.4, 0.5) is 5.95 Å². The smallest absolute Gasteiger partial charge is 0.307 e. The molecular weight excluding hydrogens is 230 g/mol. The number of nitrogens with one attached hydrogen (secondary N) is 1. The fraction of sp³-hybridized carbons (Fsp3) is 0.308. The van der Waals surface area contributed by atoms with Crippen molar-refractivity contribution in [2.24, 2.45) is 0 Å². The largest absolute Gasteiger partial charge is 0.466 e. The topological polar surface area (TPSA) is 64.1 Å². The van der Waals surface area contributed by atoms with Gasteiger partial charge in [0.2, 0.25) is 5.95 Å². The summed E-state index contributed by atoms with van der Waals surface area (Å²) in [7, 11) is 0. The molecule has 0 fully saturated rings. The van der Waals surface area contributed by atoms with Gasteiger partial charge >= 0.3 is 5.97 Å². The minimum absolute atomic E-state index is 0.217. The number of esters is 1. The van der Waals surface area contributed by atoms with Gasteiger partial charge in [-0.15, -0.1) is 0 Å². The van der Waals surface area contributed by atoms with Gasteiger partial charge in [0.15, 0.2) is 0 Å². The normalized spacial score (nSPS) is 10.3. The van der Waals surface area contributed by atoms with Gasteiger partial charge < -0.3 is 10.1 Å². The monoisotopic (exact) mass is 245 g/mol. The number of para-hydroxylation sites is 1. The zero-order valence-corrected chi connectivity index (χ0v) is 10.2. The summed E-state index contributed by atoms with van der Waals surface area (Å²) in [5.41, 5.74) is 0.881. The van der Waals surface area contributed by atoms with Gasteiger partial charge in [-0.1, -0.05) is 18.2 Å². The number of hydrogen-bond donors (Lipinski definition) is 1. The number of ether oxygens (including phenoxy) is 1. The van der Waals surface area contributed by atoms with Crippen LogP contribution in [0.2, 0.25) is 0 Å². The van der Waals surface area contributed by atoms with Gasteiger partial charge in [-0.25, -0.2) is 9.97 Å². The summed E-state index contributed by atoms with van der Waals surface area (Å²) in [6, 6.07) is 7.75. The second kappa shape index (κ2) is 5.95. The van der Waals surface area contributed by atoms with Crippen molar-refractivity contribution in [2.75, 3.05) is 18.5 Å². The lowest BCUT2D eigenvalue weighted by molar-refractivity contribution is -0.142. The Balaban J connectivity index is 1.93. The number of rotatable bonds is 5. The number of carbonyl (C=O) groups excluding carboxylic acids is 1. The molecule has 1 N–H and O–H groups in total. The lowest BCUT2D eigenvalue weighted by atomic mass is 10.2. The van der Waals surface area contributed by atoms with E-state index in [0.717, 1.165) is 10.9 Å². The summed E-state index contributed by atoms with van der Waals surface area (Å²) >= 11 is 0.